The van der Waals surface area contributed by atoms with Gasteiger partial charge in [-0.05, 0) is 40.5 Å². The van der Waals surface area contributed by atoms with Gasteiger partial charge in [0, 0.05) is 26.2 Å². The van der Waals surface area contributed by atoms with Crippen molar-refractivity contribution in [3.05, 3.63) is 0 Å². The molecule has 0 saturated carbocycles. The van der Waals surface area contributed by atoms with E-state index in [-0.39, 0.29) is 9.47 Å². The number of sulfonamides is 1. The molecular weight excluding hydrogens is 512 g/mol. The molecule has 1 rings (SSSR count). The highest BCUT2D eigenvalue weighted by Crippen LogP contribution is 2.32. The van der Waals surface area contributed by atoms with Crippen LogP contribution in [0.1, 0.15) is 68.2 Å². The highest BCUT2D eigenvalue weighted by Gasteiger charge is 2.43. The number of rotatable bonds is 13. The van der Waals surface area contributed by atoms with Crippen molar-refractivity contribution in [1.82, 2.24) is 10.2 Å². The van der Waals surface area contributed by atoms with Crippen LogP contribution in [0.25, 0.3) is 0 Å². The number of nitrogens with one attached hydrogen (secondary N) is 1. The molecule has 0 aliphatic heterocycles. The first kappa shape index (κ1) is 31.6. The zero-order valence-corrected chi connectivity index (χ0v) is 23.8. The van der Waals surface area contributed by atoms with E-state index in [0.29, 0.717) is 24.2 Å². The van der Waals surface area contributed by atoms with Crippen molar-refractivity contribution in [1.29, 1.82) is 0 Å². The maximum Gasteiger partial charge on any atom is 0.335 e. The topological polar surface area (TPSA) is 163 Å². The molecule has 12 nitrogen and oxygen atoms in total. The summed E-state index contributed by atoms with van der Waals surface area (Å²) in [5, 5.41) is 9.57. The van der Waals surface area contributed by atoms with Crippen LogP contribution in [0.4, 0.5) is 5.13 Å². The Hall–Kier alpha value is -2.45. The fraction of sp³-hybridized carbons (Fsp3) is 0.727. The third-order valence-corrected chi connectivity index (χ3v) is 8.76. The van der Waals surface area contributed by atoms with Crippen molar-refractivity contribution in [3.8, 4) is 0 Å². The molecule has 0 radical (unpaired) electrons. The molecule has 0 aliphatic rings. The normalized spacial score (nSPS) is 17.9. The summed E-state index contributed by atoms with van der Waals surface area (Å²) in [6.45, 7) is 13.0. The summed E-state index contributed by atoms with van der Waals surface area (Å²) >= 11 is 0.670. The average Bonchev–Trinajstić information content (AvgIpc) is 3.29. The number of esters is 2. The SMILES string of the molecule is CCC(C)(OC(=O)C(C)C(C)(CC)OC(=O)C(C)OC)C(C)/C=N/S(=O)(=O)c1nnc(NC(C)=O)s1. The number of anilines is 1. The Labute approximate surface area is 216 Å². The summed E-state index contributed by atoms with van der Waals surface area (Å²) in [6, 6.07) is 0. The van der Waals surface area contributed by atoms with Gasteiger partial charge in [-0.1, -0.05) is 32.1 Å². The second-order valence-electron chi connectivity index (χ2n) is 8.85. The first-order valence-electron chi connectivity index (χ1n) is 11.4. The number of carbonyl (C=O) groups excluding carboxylic acids is 3. The number of hydrogen-bond donors (Lipinski definition) is 1. The van der Waals surface area contributed by atoms with E-state index < -0.39 is 57.0 Å². The summed E-state index contributed by atoms with van der Waals surface area (Å²) in [4.78, 5) is 36.5. The van der Waals surface area contributed by atoms with Gasteiger partial charge in [-0.25, -0.2) is 4.79 Å². The zero-order valence-electron chi connectivity index (χ0n) is 22.1. The van der Waals surface area contributed by atoms with E-state index in [2.05, 4.69) is 19.9 Å². The smallest absolute Gasteiger partial charge is 0.335 e. The van der Waals surface area contributed by atoms with E-state index >= 15 is 0 Å². The van der Waals surface area contributed by atoms with Crippen LogP contribution in [0, 0.1) is 11.8 Å². The molecule has 0 aliphatic carbocycles. The van der Waals surface area contributed by atoms with Crippen LogP contribution in [0.15, 0.2) is 8.74 Å². The lowest BCUT2D eigenvalue weighted by Gasteiger charge is -2.38. The fourth-order valence-electron chi connectivity index (χ4n) is 2.82. The van der Waals surface area contributed by atoms with Crippen LogP contribution in [-0.2, 0) is 38.6 Å². The molecule has 5 unspecified atom stereocenters. The number of methoxy groups -OCH3 is 1. The van der Waals surface area contributed by atoms with Crippen LogP contribution >= 0.6 is 11.3 Å². The second-order valence-corrected chi connectivity index (χ2v) is 11.6. The van der Waals surface area contributed by atoms with Crippen LogP contribution in [0.2, 0.25) is 0 Å². The van der Waals surface area contributed by atoms with Crippen molar-refractivity contribution >= 4 is 50.6 Å². The van der Waals surface area contributed by atoms with Crippen molar-refractivity contribution in [2.75, 3.05) is 12.4 Å². The Morgan fingerprint density at radius 3 is 2.11 bits per heavy atom. The van der Waals surface area contributed by atoms with E-state index in [9.17, 15) is 22.8 Å². The molecule has 5 atom stereocenters. The fourth-order valence-corrected chi connectivity index (χ4v) is 4.71. The maximum atomic E-state index is 13.1. The minimum absolute atomic E-state index is 0.0326. The van der Waals surface area contributed by atoms with Gasteiger partial charge in [0.25, 0.3) is 4.34 Å². The number of nitrogens with zero attached hydrogens (tertiary/aromatic N) is 3. The van der Waals surface area contributed by atoms with E-state index in [1.807, 2.05) is 0 Å². The molecule has 1 aromatic heterocycles. The van der Waals surface area contributed by atoms with Gasteiger partial charge in [0.2, 0.25) is 11.0 Å². The Morgan fingerprint density at radius 1 is 1.06 bits per heavy atom. The zero-order chi connectivity index (χ0) is 27.9. The predicted octanol–water partition coefficient (Wildman–Crippen LogP) is 2.99. The molecular formula is C22H36N4O8S2. The molecule has 0 fully saturated rings. The maximum absolute atomic E-state index is 13.1. The van der Waals surface area contributed by atoms with Gasteiger partial charge in [0.05, 0.1) is 5.92 Å². The summed E-state index contributed by atoms with van der Waals surface area (Å²) < 4.78 is 44.8. The first-order valence-corrected chi connectivity index (χ1v) is 13.7. The van der Waals surface area contributed by atoms with Crippen molar-refractivity contribution in [3.63, 3.8) is 0 Å². The van der Waals surface area contributed by atoms with Gasteiger partial charge in [-0.15, -0.1) is 10.2 Å². The highest BCUT2D eigenvalue weighted by molar-refractivity contribution is 7.92. The van der Waals surface area contributed by atoms with Gasteiger partial charge in [0.15, 0.2) is 6.10 Å². The Balaban J connectivity index is 3.04. The lowest BCUT2D eigenvalue weighted by atomic mass is 9.86. The minimum atomic E-state index is -4.18. The summed E-state index contributed by atoms with van der Waals surface area (Å²) in [6.07, 6.45) is 1.09. The summed E-state index contributed by atoms with van der Waals surface area (Å²) in [5.74, 6) is -3.04. The van der Waals surface area contributed by atoms with E-state index in [1.54, 1.807) is 48.5 Å². The molecule has 0 spiro atoms. The van der Waals surface area contributed by atoms with Crippen LogP contribution < -0.4 is 5.32 Å². The molecule has 1 N–H and O–H groups in total. The molecule has 0 aromatic carbocycles. The number of ether oxygens (including phenoxy) is 3. The van der Waals surface area contributed by atoms with Gasteiger partial charge >= 0.3 is 22.0 Å². The quantitative estimate of drug-likeness (QED) is 0.220. The molecule has 14 heteroatoms. The Morgan fingerprint density at radius 2 is 1.61 bits per heavy atom. The number of amides is 1. The molecule has 204 valence electrons. The molecule has 36 heavy (non-hydrogen) atoms. The van der Waals surface area contributed by atoms with Crippen LogP contribution in [0.5, 0.6) is 0 Å². The van der Waals surface area contributed by atoms with Crippen LogP contribution in [0.3, 0.4) is 0 Å². The molecule has 1 aromatic rings. The van der Waals surface area contributed by atoms with Gasteiger partial charge < -0.3 is 19.5 Å². The minimum Gasteiger partial charge on any atom is -0.458 e. The largest absolute Gasteiger partial charge is 0.458 e. The Bertz CT molecular complexity index is 1070. The lowest BCUT2D eigenvalue weighted by molar-refractivity contribution is -0.188. The Kier molecular flexibility index (Phi) is 11.1. The van der Waals surface area contributed by atoms with Crippen molar-refractivity contribution < 1.29 is 37.0 Å². The number of aromatic nitrogens is 2. The third-order valence-electron chi connectivity index (χ3n) is 6.32. The van der Waals surface area contributed by atoms with E-state index in [0.717, 1.165) is 0 Å². The molecule has 0 bridgehead atoms. The van der Waals surface area contributed by atoms with Crippen molar-refractivity contribution in [2.24, 2.45) is 16.2 Å². The average molecular weight is 549 g/mol. The molecule has 1 amide bonds. The second kappa shape index (κ2) is 12.7. The summed E-state index contributed by atoms with van der Waals surface area (Å²) in [5.41, 5.74) is -2.24. The van der Waals surface area contributed by atoms with E-state index in [4.69, 9.17) is 14.2 Å². The first-order chi connectivity index (χ1) is 16.5. The van der Waals surface area contributed by atoms with Gasteiger partial charge in [-0.3, -0.25) is 9.59 Å². The predicted molar refractivity (Wildman–Crippen MR) is 134 cm³/mol. The summed E-state index contributed by atoms with van der Waals surface area (Å²) in [7, 11) is -2.80. The van der Waals surface area contributed by atoms with Crippen molar-refractivity contribution in [2.45, 2.75) is 89.9 Å². The lowest BCUT2D eigenvalue weighted by Crippen LogP contribution is -2.48. The van der Waals surface area contributed by atoms with Gasteiger partial charge in [0.1, 0.15) is 11.2 Å². The van der Waals surface area contributed by atoms with Crippen LogP contribution in [-0.4, -0.2) is 67.1 Å². The van der Waals surface area contributed by atoms with E-state index in [1.165, 1.54) is 20.2 Å². The number of carbonyl (C=O) groups is 3. The standard InChI is InChI=1S/C22H36N4O8S2/c1-10-21(7,33-17(28)14(4)22(8,11-2)34-18(29)15(5)32-9)13(3)12-23-36(30,31)20-26-25-19(35-20)24-16(6)27/h12-15H,10-11H2,1-9H3,(H,24,25,27)/b23-12+. The monoisotopic (exact) mass is 548 g/mol. The third kappa shape index (κ3) is 8.03. The molecule has 1 heterocycles. The number of hydrogen-bond acceptors (Lipinski definition) is 11. The highest BCUT2D eigenvalue weighted by atomic mass is 32.2. The molecule has 0 saturated heterocycles. The van der Waals surface area contributed by atoms with Gasteiger partial charge in [-0.2, -0.15) is 12.8 Å².